The molecule has 3 N–H and O–H groups in total. The van der Waals surface area contributed by atoms with Crippen molar-refractivity contribution in [1.29, 1.82) is 0 Å². The lowest BCUT2D eigenvalue weighted by Gasteiger charge is -2.51. The molecule has 1 spiro atoms. The maximum absolute atomic E-state index is 13.4. The lowest BCUT2D eigenvalue weighted by Crippen LogP contribution is -2.59. The highest BCUT2D eigenvalue weighted by molar-refractivity contribution is 5.85. The largest absolute Gasteiger partial charge is 0.388 e. The zero-order valence-corrected chi connectivity index (χ0v) is 18.8. The minimum atomic E-state index is -0.776. The second-order valence-electron chi connectivity index (χ2n) is 9.68. The zero-order valence-electron chi connectivity index (χ0n) is 18.8. The molecule has 3 aliphatic rings. The van der Waals surface area contributed by atoms with Gasteiger partial charge < -0.3 is 25.5 Å². The van der Waals surface area contributed by atoms with Gasteiger partial charge in [0.15, 0.2) is 0 Å². The van der Waals surface area contributed by atoms with Crippen LogP contribution in [-0.2, 0) is 10.3 Å². The standard InChI is InChI=1S/C24H36N4O3/c1-3-26-24(19-8-5-4-6-9-19)14-12-22(13-15-24)17-27(16-20(29)25-2)21(30)28(22)18-23(31)10-7-11-23/h4-6,8-9,26,31H,3,7,10-18H2,1-2H3,(H,25,29). The minimum Gasteiger partial charge on any atom is -0.388 e. The smallest absolute Gasteiger partial charge is 0.321 e. The van der Waals surface area contributed by atoms with E-state index in [4.69, 9.17) is 0 Å². The van der Waals surface area contributed by atoms with Crippen molar-refractivity contribution < 1.29 is 14.7 Å². The van der Waals surface area contributed by atoms with E-state index in [9.17, 15) is 14.7 Å². The Kier molecular flexibility index (Phi) is 6.01. The Labute approximate surface area is 185 Å². The molecule has 1 aromatic rings. The fraction of sp³-hybridized carbons (Fsp3) is 0.667. The van der Waals surface area contributed by atoms with Gasteiger partial charge in [0, 0.05) is 19.1 Å². The van der Waals surface area contributed by atoms with Crippen LogP contribution >= 0.6 is 0 Å². The number of rotatable bonds is 7. The number of carbonyl (C=O) groups is 2. The van der Waals surface area contributed by atoms with Gasteiger partial charge in [-0.15, -0.1) is 0 Å². The van der Waals surface area contributed by atoms with Gasteiger partial charge in [0.2, 0.25) is 5.91 Å². The molecule has 0 atom stereocenters. The maximum atomic E-state index is 13.4. The third kappa shape index (κ3) is 4.05. The average Bonchev–Trinajstić information content (AvgIpc) is 3.00. The van der Waals surface area contributed by atoms with Crippen molar-refractivity contribution in [3.63, 3.8) is 0 Å². The predicted octanol–water partition coefficient (Wildman–Crippen LogP) is 2.20. The molecule has 2 saturated carbocycles. The number of hydrogen-bond acceptors (Lipinski definition) is 4. The molecule has 0 aromatic heterocycles. The summed E-state index contributed by atoms with van der Waals surface area (Å²) in [5.41, 5.74) is 0.0886. The van der Waals surface area contributed by atoms with Crippen molar-refractivity contribution in [3.8, 4) is 0 Å². The third-order valence-corrected chi connectivity index (χ3v) is 7.78. The second-order valence-corrected chi connectivity index (χ2v) is 9.68. The molecular weight excluding hydrogens is 392 g/mol. The van der Waals surface area contributed by atoms with Gasteiger partial charge in [0.25, 0.3) is 0 Å². The zero-order chi connectivity index (χ0) is 22.1. The number of urea groups is 1. The summed E-state index contributed by atoms with van der Waals surface area (Å²) >= 11 is 0. The predicted molar refractivity (Wildman–Crippen MR) is 120 cm³/mol. The van der Waals surface area contributed by atoms with Crippen LogP contribution < -0.4 is 10.6 Å². The molecule has 3 amide bonds. The Morgan fingerprint density at radius 3 is 2.32 bits per heavy atom. The van der Waals surface area contributed by atoms with Crippen molar-refractivity contribution in [2.75, 3.05) is 33.2 Å². The normalized spacial score (nSPS) is 29.8. The molecule has 1 saturated heterocycles. The van der Waals surface area contributed by atoms with Crippen molar-refractivity contribution in [1.82, 2.24) is 20.4 Å². The number of amides is 3. The number of likely N-dealkylation sites (N-methyl/N-ethyl adjacent to an activating group) is 1. The van der Waals surface area contributed by atoms with E-state index in [1.165, 1.54) is 5.56 Å². The molecular formula is C24H36N4O3. The molecule has 2 aliphatic carbocycles. The van der Waals surface area contributed by atoms with Crippen LogP contribution in [0.2, 0.25) is 0 Å². The first-order chi connectivity index (χ1) is 14.9. The molecule has 1 aromatic carbocycles. The van der Waals surface area contributed by atoms with E-state index in [2.05, 4.69) is 41.8 Å². The summed E-state index contributed by atoms with van der Waals surface area (Å²) in [6, 6.07) is 10.5. The lowest BCUT2D eigenvalue weighted by atomic mass is 9.68. The van der Waals surface area contributed by atoms with Crippen LogP contribution in [0.1, 0.15) is 57.4 Å². The average molecular weight is 429 g/mol. The van der Waals surface area contributed by atoms with Crippen molar-refractivity contribution in [2.45, 2.75) is 68.5 Å². The highest BCUT2D eigenvalue weighted by Crippen LogP contribution is 2.48. The second kappa shape index (κ2) is 8.43. The van der Waals surface area contributed by atoms with E-state index >= 15 is 0 Å². The first-order valence-electron chi connectivity index (χ1n) is 11.7. The summed E-state index contributed by atoms with van der Waals surface area (Å²) < 4.78 is 0. The van der Waals surface area contributed by atoms with Gasteiger partial charge in [0.1, 0.15) is 6.54 Å². The topological polar surface area (TPSA) is 84.9 Å². The Balaban J connectivity index is 1.59. The summed E-state index contributed by atoms with van der Waals surface area (Å²) in [4.78, 5) is 29.0. The van der Waals surface area contributed by atoms with E-state index in [1.54, 1.807) is 11.9 Å². The van der Waals surface area contributed by atoms with Crippen LogP contribution in [0.4, 0.5) is 4.79 Å². The number of carbonyl (C=O) groups excluding carboxylic acids is 2. The monoisotopic (exact) mass is 428 g/mol. The van der Waals surface area contributed by atoms with Gasteiger partial charge in [-0.05, 0) is 57.1 Å². The first-order valence-corrected chi connectivity index (χ1v) is 11.7. The summed E-state index contributed by atoms with van der Waals surface area (Å²) in [5, 5.41) is 17.2. The number of hydrogen-bond donors (Lipinski definition) is 3. The molecule has 1 heterocycles. The Bertz CT molecular complexity index is 800. The van der Waals surface area contributed by atoms with Crippen LogP contribution in [0.3, 0.4) is 0 Å². The molecule has 31 heavy (non-hydrogen) atoms. The number of nitrogens with zero attached hydrogens (tertiary/aromatic N) is 2. The molecule has 1 aliphatic heterocycles. The highest BCUT2D eigenvalue weighted by Gasteiger charge is 2.56. The van der Waals surface area contributed by atoms with Gasteiger partial charge in [-0.25, -0.2) is 4.79 Å². The number of nitrogens with one attached hydrogen (secondary N) is 2. The van der Waals surface area contributed by atoms with Crippen LogP contribution in [0.5, 0.6) is 0 Å². The van der Waals surface area contributed by atoms with Crippen molar-refractivity contribution >= 4 is 11.9 Å². The molecule has 0 bridgehead atoms. The number of aliphatic hydroxyl groups is 1. The SMILES string of the molecule is CCNC1(c2ccccc2)CCC2(CC1)CN(CC(=O)NC)C(=O)N2CC1(O)CCC1. The lowest BCUT2D eigenvalue weighted by molar-refractivity contribution is -0.121. The summed E-state index contributed by atoms with van der Waals surface area (Å²) in [5.74, 6) is -0.158. The Morgan fingerprint density at radius 1 is 1.10 bits per heavy atom. The number of β-amino-alcohol motifs (C(OH)–C–C–N with tert-alkyl or cyclic N) is 1. The molecule has 0 radical (unpaired) electrons. The summed E-state index contributed by atoms with van der Waals surface area (Å²) in [6.45, 7) is 4.01. The van der Waals surface area contributed by atoms with Crippen LogP contribution in [0.25, 0.3) is 0 Å². The highest BCUT2D eigenvalue weighted by atomic mass is 16.3. The van der Waals surface area contributed by atoms with E-state index in [0.29, 0.717) is 13.1 Å². The summed E-state index contributed by atoms with van der Waals surface area (Å²) in [7, 11) is 1.60. The van der Waals surface area contributed by atoms with Gasteiger partial charge in [0.05, 0.1) is 17.7 Å². The molecule has 7 nitrogen and oxygen atoms in total. The molecule has 3 fully saturated rings. The van der Waals surface area contributed by atoms with E-state index in [-0.39, 0.29) is 29.6 Å². The van der Waals surface area contributed by atoms with Crippen LogP contribution in [-0.4, -0.2) is 71.2 Å². The molecule has 0 unspecified atom stereocenters. The van der Waals surface area contributed by atoms with Gasteiger partial charge in [-0.1, -0.05) is 37.3 Å². The van der Waals surface area contributed by atoms with E-state index < -0.39 is 5.60 Å². The molecule has 4 rings (SSSR count). The van der Waals surface area contributed by atoms with Gasteiger partial charge >= 0.3 is 6.03 Å². The molecule has 170 valence electrons. The summed E-state index contributed by atoms with van der Waals surface area (Å²) in [6.07, 6.45) is 6.02. The fourth-order valence-corrected chi connectivity index (χ4v) is 5.76. The Hall–Kier alpha value is -2.12. The fourth-order valence-electron chi connectivity index (χ4n) is 5.76. The van der Waals surface area contributed by atoms with Gasteiger partial charge in [-0.3, -0.25) is 4.79 Å². The minimum absolute atomic E-state index is 0.0725. The van der Waals surface area contributed by atoms with Crippen molar-refractivity contribution in [3.05, 3.63) is 35.9 Å². The maximum Gasteiger partial charge on any atom is 0.321 e. The van der Waals surface area contributed by atoms with Crippen LogP contribution in [0.15, 0.2) is 30.3 Å². The van der Waals surface area contributed by atoms with Crippen molar-refractivity contribution in [2.24, 2.45) is 0 Å². The quantitative estimate of drug-likeness (QED) is 0.622. The van der Waals surface area contributed by atoms with E-state index in [0.717, 1.165) is 51.5 Å². The molecule has 7 heteroatoms. The van der Waals surface area contributed by atoms with E-state index in [1.807, 2.05) is 11.0 Å². The van der Waals surface area contributed by atoms with Gasteiger partial charge in [-0.2, -0.15) is 0 Å². The van der Waals surface area contributed by atoms with Crippen LogP contribution in [0, 0.1) is 0 Å². The third-order valence-electron chi connectivity index (χ3n) is 7.78. The Morgan fingerprint density at radius 2 is 1.77 bits per heavy atom. The first kappa shape index (κ1) is 22.1. The number of benzene rings is 1.